The normalized spacial score (nSPS) is 24.8. The first kappa shape index (κ1) is 30.9. The number of hydrogen-bond acceptors (Lipinski definition) is 10. The Bertz CT molecular complexity index is 1660. The van der Waals surface area contributed by atoms with E-state index in [4.69, 9.17) is 5.73 Å². The molecule has 232 valence electrons. The highest BCUT2D eigenvalue weighted by atomic mass is 16.3. The van der Waals surface area contributed by atoms with Crippen molar-refractivity contribution >= 4 is 29.1 Å². The summed E-state index contributed by atoms with van der Waals surface area (Å²) in [5, 5.41) is 48.0. The van der Waals surface area contributed by atoms with E-state index >= 15 is 0 Å². The highest BCUT2D eigenvalue weighted by Crippen LogP contribution is 2.53. The van der Waals surface area contributed by atoms with E-state index in [2.05, 4.69) is 5.32 Å². The van der Waals surface area contributed by atoms with Crippen molar-refractivity contribution in [2.45, 2.75) is 24.5 Å². The molecule has 2 amide bonds. The van der Waals surface area contributed by atoms with Gasteiger partial charge >= 0.3 is 0 Å². The molecule has 0 heterocycles. The topological polar surface area (TPSA) is 194 Å². The first-order valence-corrected chi connectivity index (χ1v) is 14.2. The molecule has 3 aliphatic carbocycles. The standard InChI is InChI=1S/C32H36N4O8/c1-35(2)11-10-34-31(43)16-7-5-6-15(12-16)18-8-9-21(37)23-19(18)13-17-14-20-25(36(3)4)27(39)24(30(33)42)29(41)32(20,44)28(40)22(17)26(23)38/h5-9,12,17,20,25,37-38,41,44H,10-11,13-14H2,1-4H3,(H2,33,42)(H,34,43)/t17-,20-,25?,32-/m0/s1. The summed E-state index contributed by atoms with van der Waals surface area (Å²) in [4.78, 5) is 55.7. The minimum Gasteiger partial charge on any atom is -0.508 e. The first-order chi connectivity index (χ1) is 20.7. The minimum atomic E-state index is -2.70. The predicted octanol–water partition coefficient (Wildman–Crippen LogP) is 0.922. The maximum absolute atomic E-state index is 14.0. The fraction of sp³-hybridized carbons (Fsp3) is 0.375. The van der Waals surface area contributed by atoms with Gasteiger partial charge in [0.15, 0.2) is 11.4 Å². The molecule has 0 saturated heterocycles. The third kappa shape index (κ3) is 4.75. The second-order valence-corrected chi connectivity index (χ2v) is 12.1. The van der Waals surface area contributed by atoms with Crippen molar-refractivity contribution in [2.24, 2.45) is 17.6 Å². The molecule has 2 aromatic rings. The molecule has 0 aliphatic heterocycles. The van der Waals surface area contributed by atoms with Crippen LogP contribution in [0, 0.1) is 11.8 Å². The molecule has 3 aliphatic rings. The Morgan fingerprint density at radius 1 is 1.07 bits per heavy atom. The summed E-state index contributed by atoms with van der Waals surface area (Å²) >= 11 is 0. The van der Waals surface area contributed by atoms with Crippen LogP contribution in [0.2, 0.25) is 0 Å². The van der Waals surface area contributed by atoms with Crippen molar-refractivity contribution in [1.29, 1.82) is 0 Å². The van der Waals surface area contributed by atoms with E-state index in [0.717, 1.165) is 0 Å². The lowest BCUT2D eigenvalue weighted by Gasteiger charge is -2.50. The zero-order valence-electron chi connectivity index (χ0n) is 24.9. The molecule has 12 nitrogen and oxygen atoms in total. The number of hydrogen-bond donors (Lipinski definition) is 6. The summed E-state index contributed by atoms with van der Waals surface area (Å²) in [7, 11) is 6.91. The van der Waals surface area contributed by atoms with Gasteiger partial charge < -0.3 is 36.4 Å². The smallest absolute Gasteiger partial charge is 0.255 e. The number of benzene rings is 2. The zero-order chi connectivity index (χ0) is 32.2. The van der Waals surface area contributed by atoms with E-state index in [1.54, 1.807) is 44.4 Å². The van der Waals surface area contributed by atoms with Crippen LogP contribution >= 0.6 is 0 Å². The number of fused-ring (bicyclic) bond motifs is 3. The fourth-order valence-corrected chi connectivity index (χ4v) is 6.84. The largest absolute Gasteiger partial charge is 0.508 e. The van der Waals surface area contributed by atoms with Crippen LogP contribution in [-0.4, -0.2) is 107 Å². The Kier molecular flexibility index (Phi) is 7.87. The Morgan fingerprint density at radius 2 is 1.77 bits per heavy atom. The van der Waals surface area contributed by atoms with Crippen molar-refractivity contribution in [3.8, 4) is 16.9 Å². The van der Waals surface area contributed by atoms with Crippen LogP contribution in [0.1, 0.15) is 27.9 Å². The molecule has 1 fully saturated rings. The lowest BCUT2D eigenvalue weighted by atomic mass is 9.57. The molecule has 0 spiro atoms. The van der Waals surface area contributed by atoms with Gasteiger partial charge in [-0.3, -0.25) is 24.1 Å². The Hall–Kier alpha value is -4.52. The number of phenols is 1. The first-order valence-electron chi connectivity index (χ1n) is 14.2. The number of phenolic OH excluding ortho intramolecular Hbond substituents is 1. The van der Waals surface area contributed by atoms with E-state index in [1.165, 1.54) is 11.0 Å². The van der Waals surface area contributed by atoms with Gasteiger partial charge in [0, 0.05) is 30.1 Å². The van der Waals surface area contributed by atoms with Gasteiger partial charge in [-0.25, -0.2) is 0 Å². The summed E-state index contributed by atoms with van der Waals surface area (Å²) in [5.41, 5.74) is 3.76. The number of aliphatic hydroxyl groups excluding tert-OH is 2. The third-order valence-electron chi connectivity index (χ3n) is 8.88. The number of ketones is 2. The van der Waals surface area contributed by atoms with Crippen LogP contribution in [-0.2, 0) is 20.8 Å². The van der Waals surface area contributed by atoms with E-state index in [-0.39, 0.29) is 35.6 Å². The third-order valence-corrected chi connectivity index (χ3v) is 8.88. The number of carbonyl (C=O) groups is 4. The van der Waals surface area contributed by atoms with Gasteiger partial charge in [0.1, 0.15) is 22.8 Å². The van der Waals surface area contributed by atoms with Crippen LogP contribution in [0.5, 0.6) is 5.75 Å². The van der Waals surface area contributed by atoms with Gasteiger partial charge in [0.25, 0.3) is 11.8 Å². The van der Waals surface area contributed by atoms with Crippen molar-refractivity contribution in [3.63, 3.8) is 0 Å². The number of carbonyl (C=O) groups excluding carboxylic acids is 4. The van der Waals surface area contributed by atoms with Crippen LogP contribution < -0.4 is 11.1 Å². The summed E-state index contributed by atoms with van der Waals surface area (Å²) in [6.07, 6.45) is 0.118. The quantitative estimate of drug-likeness (QED) is 0.248. The maximum Gasteiger partial charge on any atom is 0.255 e. The van der Waals surface area contributed by atoms with Crippen molar-refractivity contribution in [2.75, 3.05) is 41.3 Å². The molecule has 1 unspecified atom stereocenters. The van der Waals surface area contributed by atoms with Crippen LogP contribution in [0.4, 0.5) is 0 Å². The van der Waals surface area contributed by atoms with E-state index < -0.39 is 58.0 Å². The minimum absolute atomic E-state index is 0.0142. The molecule has 12 heteroatoms. The molecule has 0 radical (unpaired) electrons. The number of primary amides is 1. The molecule has 2 aromatic carbocycles. The Balaban J connectivity index is 1.62. The number of nitrogens with zero attached hydrogens (tertiary/aromatic N) is 2. The van der Waals surface area contributed by atoms with Crippen LogP contribution in [0.15, 0.2) is 53.3 Å². The van der Waals surface area contributed by atoms with Crippen molar-refractivity contribution in [1.82, 2.24) is 15.1 Å². The molecule has 7 N–H and O–H groups in total. The maximum atomic E-state index is 14.0. The molecule has 0 bridgehead atoms. The van der Waals surface area contributed by atoms with Gasteiger partial charge in [-0.1, -0.05) is 18.2 Å². The van der Waals surface area contributed by atoms with Crippen molar-refractivity contribution < 1.29 is 39.6 Å². The predicted molar refractivity (Wildman–Crippen MR) is 161 cm³/mol. The monoisotopic (exact) mass is 604 g/mol. The summed E-state index contributed by atoms with van der Waals surface area (Å²) in [6.45, 7) is 1.12. The Morgan fingerprint density at radius 3 is 2.41 bits per heavy atom. The summed E-state index contributed by atoms with van der Waals surface area (Å²) < 4.78 is 0. The number of nitrogens with one attached hydrogen (secondary N) is 1. The number of Topliss-reactive ketones (excluding diaryl/α,β-unsaturated/α-hetero) is 2. The molecule has 44 heavy (non-hydrogen) atoms. The molecular weight excluding hydrogens is 568 g/mol. The van der Waals surface area contributed by atoms with Crippen molar-refractivity contribution in [3.05, 3.63) is 70.0 Å². The number of rotatable bonds is 7. The lowest BCUT2D eigenvalue weighted by molar-refractivity contribution is -0.153. The molecule has 1 saturated carbocycles. The summed E-state index contributed by atoms with van der Waals surface area (Å²) in [5.74, 6) is -7.33. The van der Waals surface area contributed by atoms with Gasteiger partial charge in [0.05, 0.1) is 11.6 Å². The average molecular weight is 605 g/mol. The molecule has 4 atom stereocenters. The van der Waals surface area contributed by atoms with Gasteiger partial charge in [0.2, 0.25) is 5.78 Å². The van der Waals surface area contributed by atoms with E-state index in [9.17, 15) is 39.6 Å². The lowest BCUT2D eigenvalue weighted by Crippen LogP contribution is -2.65. The SMILES string of the molecule is CN(C)CCNC(=O)c1cccc(-c2ccc(O)c3c2C[C@H]2C[C@H]4C(N(C)C)C(=O)C(C(N)=O)=C(O)[C@@]4(O)C(=O)C2=C3O)c1. The van der Waals surface area contributed by atoms with Gasteiger partial charge in [-0.2, -0.15) is 0 Å². The van der Waals surface area contributed by atoms with Crippen LogP contribution in [0.25, 0.3) is 16.9 Å². The molecule has 0 aromatic heterocycles. The zero-order valence-corrected chi connectivity index (χ0v) is 24.9. The second kappa shape index (κ2) is 11.2. The number of amides is 2. The highest BCUT2D eigenvalue weighted by Gasteiger charge is 2.64. The Labute approximate surface area is 254 Å². The van der Waals surface area contributed by atoms with E-state index in [0.29, 0.717) is 35.3 Å². The number of nitrogens with two attached hydrogens (primary N) is 1. The van der Waals surface area contributed by atoms with Gasteiger partial charge in [-0.05, 0) is 81.8 Å². The number of aromatic hydroxyl groups is 1. The number of aliphatic hydroxyl groups is 3. The second-order valence-electron chi connectivity index (χ2n) is 12.1. The average Bonchev–Trinajstić information content (AvgIpc) is 2.94. The number of likely N-dealkylation sites (N-methyl/N-ethyl adjacent to an activating group) is 2. The fourth-order valence-electron chi connectivity index (χ4n) is 6.84. The summed E-state index contributed by atoms with van der Waals surface area (Å²) in [6, 6.07) is 8.76. The van der Waals surface area contributed by atoms with Crippen LogP contribution in [0.3, 0.4) is 0 Å². The highest BCUT2D eigenvalue weighted by molar-refractivity contribution is 6.24. The molecular formula is C32H36N4O8. The molecule has 5 rings (SSSR count). The van der Waals surface area contributed by atoms with Gasteiger partial charge in [-0.15, -0.1) is 0 Å². The van der Waals surface area contributed by atoms with E-state index in [1.807, 2.05) is 19.0 Å².